The summed E-state index contributed by atoms with van der Waals surface area (Å²) >= 11 is 5.68. The van der Waals surface area contributed by atoms with E-state index in [4.69, 9.17) is 11.6 Å². The van der Waals surface area contributed by atoms with E-state index in [2.05, 4.69) is 22.1 Å². The van der Waals surface area contributed by atoms with Crippen LogP contribution in [0.1, 0.15) is 52.5 Å². The molecule has 0 radical (unpaired) electrons. The summed E-state index contributed by atoms with van der Waals surface area (Å²) in [5, 5.41) is 3.37. The lowest BCUT2D eigenvalue weighted by Crippen LogP contribution is -2.42. The zero-order valence-electron chi connectivity index (χ0n) is 18.5. The van der Waals surface area contributed by atoms with E-state index in [-0.39, 0.29) is 24.1 Å². The maximum atomic E-state index is 13.0. The maximum Gasteiger partial charge on any atom is 0.253 e. The highest BCUT2D eigenvalue weighted by Gasteiger charge is 2.28. The van der Waals surface area contributed by atoms with Crippen molar-refractivity contribution in [1.82, 2.24) is 10.3 Å². The van der Waals surface area contributed by atoms with Gasteiger partial charge in [0.2, 0.25) is 0 Å². The van der Waals surface area contributed by atoms with Crippen LogP contribution in [-0.4, -0.2) is 39.5 Å². The summed E-state index contributed by atoms with van der Waals surface area (Å²) < 4.78 is 11.8. The van der Waals surface area contributed by atoms with Crippen molar-refractivity contribution in [2.45, 2.75) is 53.1 Å². The molecule has 0 bridgehead atoms. The molecule has 1 aromatic carbocycles. The van der Waals surface area contributed by atoms with Crippen molar-refractivity contribution in [3.8, 4) is 0 Å². The molecule has 6 nitrogen and oxygen atoms in total. The van der Waals surface area contributed by atoms with Crippen LogP contribution >= 0.6 is 11.6 Å². The lowest BCUT2D eigenvalue weighted by atomic mass is 10.0. The fraction of sp³-hybridized carbons (Fsp3) is 0.478. The van der Waals surface area contributed by atoms with Gasteiger partial charge in [-0.3, -0.25) is 9.59 Å². The molecule has 2 N–H and O–H groups in total. The monoisotopic (exact) mass is 463 g/mol. The standard InChI is InChI=1S/C23H30ClN3O3S/c1-5-27(18-6-8-31(30)9-7-18)21-12-17(24)11-19(16(21)4)22(28)25-13-20-14(2)10-15(3)26-23(20)29/h10-12,18H,5-9,13H2,1-4H3,(H,25,28)(H,26,29). The van der Waals surface area contributed by atoms with Crippen LogP contribution in [0.4, 0.5) is 5.69 Å². The van der Waals surface area contributed by atoms with Gasteiger partial charge in [0.15, 0.2) is 0 Å². The van der Waals surface area contributed by atoms with Crippen LogP contribution in [0.3, 0.4) is 0 Å². The second-order valence-electron chi connectivity index (χ2n) is 8.09. The highest BCUT2D eigenvalue weighted by Crippen LogP contribution is 2.32. The number of benzene rings is 1. The number of hydrogen-bond donors (Lipinski definition) is 2. The van der Waals surface area contributed by atoms with Gasteiger partial charge in [-0.05, 0) is 57.0 Å². The molecule has 1 aromatic heterocycles. The van der Waals surface area contributed by atoms with Gasteiger partial charge in [-0.1, -0.05) is 22.8 Å². The van der Waals surface area contributed by atoms with E-state index in [1.165, 1.54) is 0 Å². The van der Waals surface area contributed by atoms with Crippen LogP contribution in [0.25, 0.3) is 0 Å². The Morgan fingerprint density at radius 2 is 1.94 bits per heavy atom. The first kappa shape index (κ1) is 23.7. The molecule has 1 aliphatic rings. The van der Waals surface area contributed by atoms with E-state index in [1.807, 2.05) is 32.9 Å². The van der Waals surface area contributed by atoms with Crippen molar-refractivity contribution in [2.75, 3.05) is 23.0 Å². The number of aromatic nitrogens is 1. The third-order valence-electron chi connectivity index (χ3n) is 5.96. The van der Waals surface area contributed by atoms with Crippen molar-refractivity contribution in [3.05, 3.63) is 61.5 Å². The van der Waals surface area contributed by atoms with Crippen molar-refractivity contribution in [2.24, 2.45) is 0 Å². The van der Waals surface area contributed by atoms with Crippen LogP contribution in [0.2, 0.25) is 5.02 Å². The van der Waals surface area contributed by atoms with E-state index in [0.29, 0.717) is 27.7 Å². The molecular weight excluding hydrogens is 434 g/mol. The number of carbonyl (C=O) groups is 1. The van der Waals surface area contributed by atoms with Gasteiger partial charge in [-0.15, -0.1) is 0 Å². The van der Waals surface area contributed by atoms with E-state index < -0.39 is 11.2 Å². The second-order valence-corrected chi connectivity index (χ2v) is 10.2. The molecule has 8 heteroatoms. The summed E-state index contributed by atoms with van der Waals surface area (Å²) in [5.41, 5.74) is 4.28. The van der Waals surface area contributed by atoms with E-state index in [0.717, 1.165) is 41.9 Å². The number of H-pyrrole nitrogens is 1. The quantitative estimate of drug-likeness (QED) is 0.640. The van der Waals surface area contributed by atoms with E-state index >= 15 is 0 Å². The fourth-order valence-electron chi connectivity index (χ4n) is 4.28. The number of nitrogens with zero attached hydrogens (tertiary/aromatic N) is 1. The predicted molar refractivity (Wildman–Crippen MR) is 128 cm³/mol. The molecule has 2 aromatic rings. The predicted octanol–water partition coefficient (Wildman–Crippen LogP) is 3.62. The van der Waals surface area contributed by atoms with Gasteiger partial charge in [-0.25, -0.2) is 0 Å². The zero-order valence-corrected chi connectivity index (χ0v) is 20.1. The summed E-state index contributed by atoms with van der Waals surface area (Å²) in [5.74, 6) is 1.15. The third-order valence-corrected chi connectivity index (χ3v) is 7.56. The lowest BCUT2D eigenvalue weighted by molar-refractivity contribution is 0.0950. The number of nitrogens with one attached hydrogen (secondary N) is 2. The molecule has 31 heavy (non-hydrogen) atoms. The molecule has 3 rings (SSSR count). The summed E-state index contributed by atoms with van der Waals surface area (Å²) in [7, 11) is 0. The Morgan fingerprint density at radius 1 is 1.26 bits per heavy atom. The Kier molecular flexibility index (Phi) is 7.73. The van der Waals surface area contributed by atoms with Crippen LogP contribution in [0.15, 0.2) is 23.0 Å². The molecule has 0 saturated carbocycles. The molecule has 0 spiro atoms. The van der Waals surface area contributed by atoms with Crippen LogP contribution in [0.5, 0.6) is 0 Å². The van der Waals surface area contributed by atoms with Crippen molar-refractivity contribution in [1.29, 1.82) is 0 Å². The van der Waals surface area contributed by atoms with Crippen molar-refractivity contribution < 1.29 is 9.35 Å². The molecule has 1 aliphatic heterocycles. The highest BCUT2D eigenvalue weighted by atomic mass is 35.5. The van der Waals surface area contributed by atoms with Gasteiger partial charge in [0.1, 0.15) is 11.5 Å². The molecule has 0 aliphatic carbocycles. The highest BCUT2D eigenvalue weighted by molar-refractivity contribution is 7.91. The Morgan fingerprint density at radius 3 is 2.55 bits per heavy atom. The van der Waals surface area contributed by atoms with Gasteiger partial charge in [-0.2, -0.15) is 0 Å². The smallest absolute Gasteiger partial charge is 0.253 e. The first-order chi connectivity index (χ1) is 14.7. The topological polar surface area (TPSA) is 88.3 Å². The number of aryl methyl sites for hydroxylation is 2. The number of aromatic amines is 1. The Balaban J connectivity index is 1.84. The number of rotatable bonds is 6. The molecule has 168 valence electrons. The number of halogens is 1. The average Bonchev–Trinajstić information content (AvgIpc) is 2.71. The Hall–Kier alpha value is -1.96. The maximum absolute atomic E-state index is 13.0. The second kappa shape index (κ2) is 10.1. The summed E-state index contributed by atoms with van der Waals surface area (Å²) in [6.07, 6.45) is 1.73. The number of anilines is 1. The van der Waals surface area contributed by atoms with E-state index in [9.17, 15) is 14.1 Å². The van der Waals surface area contributed by atoms with Crippen LogP contribution in [-0.2, 0) is 17.7 Å². The Bertz CT molecular complexity index is 1020. The molecule has 2 heterocycles. The number of amides is 1. The Labute approximate surface area is 191 Å². The largest absolute Gasteiger partial charge is 0.616 e. The van der Waals surface area contributed by atoms with Crippen molar-refractivity contribution in [3.63, 3.8) is 0 Å². The fourth-order valence-corrected chi connectivity index (χ4v) is 5.77. The van der Waals surface area contributed by atoms with Crippen LogP contribution in [0, 0.1) is 20.8 Å². The minimum atomic E-state index is -0.729. The number of hydrogen-bond acceptors (Lipinski definition) is 4. The number of pyridine rings is 1. The van der Waals surface area contributed by atoms with Gasteiger partial charge in [0.05, 0.1) is 0 Å². The van der Waals surface area contributed by atoms with Crippen molar-refractivity contribution >= 4 is 34.4 Å². The molecule has 0 unspecified atom stereocenters. The van der Waals surface area contributed by atoms with Gasteiger partial charge in [0.25, 0.3) is 11.5 Å². The zero-order chi connectivity index (χ0) is 22.7. The molecule has 0 atom stereocenters. The SMILES string of the molecule is CCN(c1cc(Cl)cc(C(=O)NCc2c(C)cc(C)[nH]c2=O)c1C)C1CC[S+]([O-])CC1. The van der Waals surface area contributed by atoms with Gasteiger partial charge >= 0.3 is 0 Å². The minimum absolute atomic E-state index is 0.146. The first-order valence-corrected chi connectivity index (χ1v) is 12.5. The molecular formula is C23H30ClN3O3S. The third kappa shape index (κ3) is 5.45. The summed E-state index contributed by atoms with van der Waals surface area (Å²) in [4.78, 5) is 30.3. The summed E-state index contributed by atoms with van der Waals surface area (Å²) in [6, 6.07) is 5.75. The lowest BCUT2D eigenvalue weighted by Gasteiger charge is -2.37. The molecule has 1 fully saturated rings. The number of carbonyl (C=O) groups excluding carboxylic acids is 1. The molecule has 1 saturated heterocycles. The van der Waals surface area contributed by atoms with Gasteiger partial charge < -0.3 is 19.8 Å². The summed E-state index contributed by atoms with van der Waals surface area (Å²) in [6.45, 7) is 8.62. The van der Waals surface area contributed by atoms with E-state index in [1.54, 1.807) is 6.07 Å². The van der Waals surface area contributed by atoms with Crippen LogP contribution < -0.4 is 15.8 Å². The van der Waals surface area contributed by atoms with Gasteiger partial charge in [0, 0.05) is 59.5 Å². The minimum Gasteiger partial charge on any atom is -0.616 e. The average molecular weight is 464 g/mol. The first-order valence-electron chi connectivity index (χ1n) is 10.6. The molecule has 1 amide bonds. The normalized spacial score (nSPS) is 18.6.